The standard InChI is InChI=1S/C12H15F3O/c1-11(2,16)8-7-9-3-5-10(6-4-9)12(13,14)15/h3-6,16H,7-8H2,1-2H3. The van der Waals surface area contributed by atoms with E-state index in [9.17, 15) is 18.3 Å². The molecular formula is C12H15F3O. The third kappa shape index (κ3) is 4.23. The zero-order chi connectivity index (χ0) is 12.4. The van der Waals surface area contributed by atoms with Gasteiger partial charge in [-0.05, 0) is 44.4 Å². The summed E-state index contributed by atoms with van der Waals surface area (Å²) >= 11 is 0. The van der Waals surface area contributed by atoms with Gasteiger partial charge in [-0.1, -0.05) is 12.1 Å². The van der Waals surface area contributed by atoms with Gasteiger partial charge in [0.1, 0.15) is 0 Å². The van der Waals surface area contributed by atoms with Crippen molar-refractivity contribution in [2.75, 3.05) is 0 Å². The molecule has 0 saturated heterocycles. The van der Waals surface area contributed by atoms with Crippen molar-refractivity contribution in [3.05, 3.63) is 35.4 Å². The first-order valence-electron chi connectivity index (χ1n) is 5.07. The van der Waals surface area contributed by atoms with Crippen LogP contribution in [-0.2, 0) is 12.6 Å². The Morgan fingerprint density at radius 2 is 1.56 bits per heavy atom. The first-order valence-corrected chi connectivity index (χ1v) is 5.07. The van der Waals surface area contributed by atoms with Crippen LogP contribution in [-0.4, -0.2) is 10.7 Å². The summed E-state index contributed by atoms with van der Waals surface area (Å²) in [6, 6.07) is 5.04. The molecule has 16 heavy (non-hydrogen) atoms. The van der Waals surface area contributed by atoms with Crippen molar-refractivity contribution >= 4 is 0 Å². The average Bonchev–Trinajstić information content (AvgIpc) is 2.13. The van der Waals surface area contributed by atoms with Crippen molar-refractivity contribution in [3.8, 4) is 0 Å². The Morgan fingerprint density at radius 1 is 1.06 bits per heavy atom. The van der Waals surface area contributed by atoms with Crippen molar-refractivity contribution in [1.29, 1.82) is 0 Å². The van der Waals surface area contributed by atoms with E-state index in [1.165, 1.54) is 12.1 Å². The van der Waals surface area contributed by atoms with Gasteiger partial charge in [-0.2, -0.15) is 13.2 Å². The van der Waals surface area contributed by atoms with Crippen molar-refractivity contribution in [2.45, 2.75) is 38.5 Å². The van der Waals surface area contributed by atoms with Crippen molar-refractivity contribution in [2.24, 2.45) is 0 Å². The van der Waals surface area contributed by atoms with Gasteiger partial charge in [0.2, 0.25) is 0 Å². The third-order valence-corrected chi connectivity index (χ3v) is 2.31. The molecule has 90 valence electrons. The van der Waals surface area contributed by atoms with Gasteiger partial charge in [0, 0.05) is 0 Å². The van der Waals surface area contributed by atoms with Gasteiger partial charge >= 0.3 is 6.18 Å². The van der Waals surface area contributed by atoms with E-state index in [0.29, 0.717) is 12.8 Å². The molecule has 4 heteroatoms. The van der Waals surface area contributed by atoms with Gasteiger partial charge in [-0.15, -0.1) is 0 Å². The molecule has 0 atom stereocenters. The number of aliphatic hydroxyl groups is 1. The second-order valence-corrected chi connectivity index (χ2v) is 4.51. The molecule has 0 aliphatic heterocycles. The minimum absolute atomic E-state index is 0.526. The van der Waals surface area contributed by atoms with Gasteiger partial charge in [0.15, 0.2) is 0 Å². The quantitative estimate of drug-likeness (QED) is 0.846. The predicted molar refractivity (Wildman–Crippen MR) is 56.1 cm³/mol. The zero-order valence-corrected chi connectivity index (χ0v) is 9.30. The zero-order valence-electron chi connectivity index (χ0n) is 9.30. The smallest absolute Gasteiger partial charge is 0.390 e. The van der Waals surface area contributed by atoms with Crippen molar-refractivity contribution in [1.82, 2.24) is 0 Å². The summed E-state index contributed by atoms with van der Waals surface area (Å²) in [6.45, 7) is 3.36. The van der Waals surface area contributed by atoms with Crippen molar-refractivity contribution < 1.29 is 18.3 Å². The molecule has 0 aliphatic carbocycles. The minimum atomic E-state index is -4.28. The summed E-state index contributed by atoms with van der Waals surface area (Å²) in [7, 11) is 0. The Hall–Kier alpha value is -1.03. The van der Waals surface area contributed by atoms with Gasteiger partial charge in [-0.3, -0.25) is 0 Å². The highest BCUT2D eigenvalue weighted by atomic mass is 19.4. The molecule has 1 nitrogen and oxygen atoms in total. The van der Waals surface area contributed by atoms with Crippen LogP contribution in [0.25, 0.3) is 0 Å². The highest BCUT2D eigenvalue weighted by Gasteiger charge is 2.29. The summed E-state index contributed by atoms with van der Waals surface area (Å²) in [5, 5.41) is 9.48. The number of hydrogen-bond acceptors (Lipinski definition) is 1. The molecule has 0 spiro atoms. The molecule has 1 aromatic carbocycles. The van der Waals surface area contributed by atoms with Gasteiger partial charge in [-0.25, -0.2) is 0 Å². The van der Waals surface area contributed by atoms with Crippen LogP contribution in [0.1, 0.15) is 31.4 Å². The molecule has 0 fully saturated rings. The van der Waals surface area contributed by atoms with Crippen LogP contribution in [0.4, 0.5) is 13.2 Å². The normalized spacial score (nSPS) is 12.9. The Balaban J connectivity index is 2.66. The predicted octanol–water partition coefficient (Wildman–Crippen LogP) is 3.41. The van der Waals surface area contributed by atoms with Crippen LogP contribution in [0.2, 0.25) is 0 Å². The SMILES string of the molecule is CC(C)(O)CCc1ccc(C(F)(F)F)cc1. The maximum atomic E-state index is 12.3. The summed E-state index contributed by atoms with van der Waals surface area (Å²) in [5.41, 5.74) is -0.627. The van der Waals surface area contributed by atoms with Crippen LogP contribution in [0.15, 0.2) is 24.3 Å². The third-order valence-electron chi connectivity index (χ3n) is 2.31. The molecule has 1 rings (SSSR count). The largest absolute Gasteiger partial charge is 0.416 e. The lowest BCUT2D eigenvalue weighted by atomic mass is 9.98. The molecule has 1 aromatic rings. The molecule has 0 aliphatic rings. The molecular weight excluding hydrogens is 217 g/mol. The monoisotopic (exact) mass is 232 g/mol. The Kier molecular flexibility index (Phi) is 3.63. The lowest BCUT2D eigenvalue weighted by molar-refractivity contribution is -0.137. The highest BCUT2D eigenvalue weighted by molar-refractivity contribution is 5.24. The molecule has 0 saturated carbocycles. The Labute approximate surface area is 92.9 Å². The molecule has 0 unspecified atom stereocenters. The molecule has 0 aromatic heterocycles. The van der Waals surface area contributed by atoms with Gasteiger partial charge in [0.05, 0.1) is 11.2 Å². The Morgan fingerprint density at radius 3 is 1.94 bits per heavy atom. The summed E-state index contributed by atoms with van der Waals surface area (Å²) < 4.78 is 36.8. The lowest BCUT2D eigenvalue weighted by Crippen LogP contribution is -2.19. The molecule has 1 N–H and O–H groups in total. The second-order valence-electron chi connectivity index (χ2n) is 4.51. The fraction of sp³-hybridized carbons (Fsp3) is 0.500. The topological polar surface area (TPSA) is 20.2 Å². The Bertz CT molecular complexity index is 333. The number of hydrogen-bond donors (Lipinski definition) is 1. The van der Waals surface area contributed by atoms with Crippen LogP contribution in [0.3, 0.4) is 0 Å². The minimum Gasteiger partial charge on any atom is -0.390 e. The molecule has 0 heterocycles. The highest BCUT2D eigenvalue weighted by Crippen LogP contribution is 2.29. The first-order chi connectivity index (χ1) is 7.18. The fourth-order valence-electron chi connectivity index (χ4n) is 1.31. The lowest BCUT2D eigenvalue weighted by Gasteiger charge is -2.16. The number of aryl methyl sites for hydroxylation is 1. The van der Waals surface area contributed by atoms with E-state index in [1.54, 1.807) is 13.8 Å². The summed E-state index contributed by atoms with van der Waals surface area (Å²) in [6.07, 6.45) is -3.19. The number of benzene rings is 1. The van der Waals surface area contributed by atoms with E-state index in [-0.39, 0.29) is 0 Å². The van der Waals surface area contributed by atoms with Crippen molar-refractivity contribution in [3.63, 3.8) is 0 Å². The van der Waals surface area contributed by atoms with E-state index >= 15 is 0 Å². The molecule has 0 amide bonds. The maximum absolute atomic E-state index is 12.3. The van der Waals surface area contributed by atoms with Gasteiger partial charge < -0.3 is 5.11 Å². The van der Waals surface area contributed by atoms with Crippen LogP contribution in [0.5, 0.6) is 0 Å². The molecule has 0 radical (unpaired) electrons. The van der Waals surface area contributed by atoms with E-state index in [2.05, 4.69) is 0 Å². The first kappa shape index (κ1) is 13.0. The molecule has 0 bridgehead atoms. The fourth-order valence-corrected chi connectivity index (χ4v) is 1.31. The number of alkyl halides is 3. The number of halogens is 3. The van der Waals surface area contributed by atoms with Crippen LogP contribution >= 0.6 is 0 Å². The summed E-state index contributed by atoms with van der Waals surface area (Å²) in [4.78, 5) is 0. The van der Waals surface area contributed by atoms with E-state index in [4.69, 9.17) is 0 Å². The van der Waals surface area contributed by atoms with Gasteiger partial charge in [0.25, 0.3) is 0 Å². The van der Waals surface area contributed by atoms with Crippen LogP contribution < -0.4 is 0 Å². The van der Waals surface area contributed by atoms with E-state index < -0.39 is 17.3 Å². The van der Waals surface area contributed by atoms with E-state index in [0.717, 1.165) is 17.7 Å². The second kappa shape index (κ2) is 4.45. The van der Waals surface area contributed by atoms with E-state index in [1.807, 2.05) is 0 Å². The maximum Gasteiger partial charge on any atom is 0.416 e. The number of rotatable bonds is 3. The summed E-state index contributed by atoms with van der Waals surface area (Å²) in [5.74, 6) is 0. The average molecular weight is 232 g/mol. The van der Waals surface area contributed by atoms with Crippen LogP contribution in [0, 0.1) is 0 Å².